The summed E-state index contributed by atoms with van der Waals surface area (Å²) in [4.78, 5) is 8.10. The van der Waals surface area contributed by atoms with E-state index in [1.165, 1.54) is 16.7 Å². The summed E-state index contributed by atoms with van der Waals surface area (Å²) in [7, 11) is 0.228. The first kappa shape index (κ1) is 21.9. The molecule has 0 bridgehead atoms. The monoisotopic (exact) mass is 457 g/mol. The van der Waals surface area contributed by atoms with Crippen molar-refractivity contribution in [2.75, 3.05) is 19.4 Å². The highest BCUT2D eigenvalue weighted by atomic mass is 32.8. The first-order valence-electron chi connectivity index (χ1n) is 10.4. The van der Waals surface area contributed by atoms with Gasteiger partial charge in [-0.05, 0) is 70.0 Å². The molecule has 2 heterocycles. The molecule has 1 aliphatic heterocycles. The van der Waals surface area contributed by atoms with Gasteiger partial charge in [-0.15, -0.1) is 0 Å². The standard InChI is InChI=1S/C23H28N3O3PS/c1-31(27,30)26-13-10-19-15-22(9-6-20(19)17-26)28-14-2-3-18-4-7-21(8-5-18)29-23-16-24-11-12-25-23/h4-9,11-12,15-16,31H,2-3,10,13-14,17,30H2,1H3. The van der Waals surface area contributed by atoms with Gasteiger partial charge in [0, 0.05) is 31.7 Å². The molecule has 2 aromatic carbocycles. The first-order valence-corrected chi connectivity index (χ1v) is 14.1. The Labute approximate surface area is 186 Å². The van der Waals surface area contributed by atoms with Gasteiger partial charge in [0.25, 0.3) is 0 Å². The summed E-state index contributed by atoms with van der Waals surface area (Å²) < 4.78 is 26.0. The van der Waals surface area contributed by atoms with Crippen LogP contribution in [0.5, 0.6) is 17.4 Å². The zero-order chi connectivity index (χ0) is 21.7. The lowest BCUT2D eigenvalue weighted by atomic mass is 10.0. The molecular formula is C23H28N3O3PS. The van der Waals surface area contributed by atoms with Crippen molar-refractivity contribution in [1.29, 1.82) is 0 Å². The number of benzene rings is 2. The fraction of sp³-hybridized carbons (Fsp3) is 0.304. The average molecular weight is 458 g/mol. The second-order valence-electron chi connectivity index (χ2n) is 7.75. The Morgan fingerprint density at radius 3 is 2.65 bits per heavy atom. The fourth-order valence-electron chi connectivity index (χ4n) is 3.59. The molecule has 6 nitrogen and oxygen atoms in total. The van der Waals surface area contributed by atoms with Crippen LogP contribution in [0, 0.1) is 0 Å². The molecule has 31 heavy (non-hydrogen) atoms. The van der Waals surface area contributed by atoms with Gasteiger partial charge < -0.3 is 9.47 Å². The summed E-state index contributed by atoms with van der Waals surface area (Å²) >= 11 is 0. The molecule has 164 valence electrons. The summed E-state index contributed by atoms with van der Waals surface area (Å²) in [6, 6.07) is 14.3. The quantitative estimate of drug-likeness (QED) is 0.315. The highest BCUT2D eigenvalue weighted by molar-refractivity contribution is 8.43. The van der Waals surface area contributed by atoms with E-state index in [0.29, 0.717) is 12.5 Å². The van der Waals surface area contributed by atoms with E-state index in [1.807, 2.05) is 18.2 Å². The van der Waals surface area contributed by atoms with Crippen molar-refractivity contribution < 1.29 is 13.7 Å². The maximum absolute atomic E-state index is 12.3. The predicted octanol–water partition coefficient (Wildman–Crippen LogP) is 3.99. The second kappa shape index (κ2) is 9.86. The van der Waals surface area contributed by atoms with Crippen LogP contribution in [0.3, 0.4) is 0 Å². The van der Waals surface area contributed by atoms with Gasteiger partial charge in [-0.3, -0.25) is 9.19 Å². The Morgan fingerprint density at radius 2 is 1.90 bits per heavy atom. The molecule has 8 heteroatoms. The normalized spacial score (nSPS) is 14.6. The van der Waals surface area contributed by atoms with Crippen molar-refractivity contribution in [3.8, 4) is 17.4 Å². The van der Waals surface area contributed by atoms with Gasteiger partial charge in [0.1, 0.15) is 11.5 Å². The zero-order valence-corrected chi connectivity index (χ0v) is 19.7. The van der Waals surface area contributed by atoms with E-state index in [-0.39, 0.29) is 0 Å². The lowest BCUT2D eigenvalue weighted by Gasteiger charge is -2.34. The van der Waals surface area contributed by atoms with Gasteiger partial charge in [0.2, 0.25) is 5.88 Å². The lowest BCUT2D eigenvalue weighted by molar-refractivity contribution is 0.310. The summed E-state index contributed by atoms with van der Waals surface area (Å²) in [5.74, 6) is 2.14. The molecule has 0 spiro atoms. The maximum atomic E-state index is 12.3. The number of ether oxygens (including phenoxy) is 2. The summed E-state index contributed by atoms with van der Waals surface area (Å²) in [5.41, 5.74) is 3.78. The van der Waals surface area contributed by atoms with Crippen molar-refractivity contribution in [2.45, 2.75) is 25.8 Å². The van der Waals surface area contributed by atoms with E-state index in [0.717, 1.165) is 43.9 Å². The van der Waals surface area contributed by atoms with Crippen LogP contribution < -0.4 is 9.47 Å². The molecule has 0 saturated carbocycles. The van der Waals surface area contributed by atoms with Gasteiger partial charge in [0.05, 0.1) is 12.8 Å². The Morgan fingerprint density at radius 1 is 1.10 bits per heavy atom. The van der Waals surface area contributed by atoms with Gasteiger partial charge >= 0.3 is 0 Å². The molecular weight excluding hydrogens is 429 g/mol. The van der Waals surface area contributed by atoms with Gasteiger partial charge in [0.15, 0.2) is 0 Å². The first-order chi connectivity index (χ1) is 15.0. The van der Waals surface area contributed by atoms with E-state index < -0.39 is 9.74 Å². The van der Waals surface area contributed by atoms with Crippen LogP contribution in [-0.4, -0.2) is 37.9 Å². The predicted molar refractivity (Wildman–Crippen MR) is 128 cm³/mol. The van der Waals surface area contributed by atoms with Crippen LogP contribution in [0.2, 0.25) is 0 Å². The smallest absolute Gasteiger partial charge is 0.237 e. The lowest BCUT2D eigenvalue weighted by Crippen LogP contribution is -2.36. The molecule has 0 radical (unpaired) electrons. The van der Waals surface area contributed by atoms with Crippen molar-refractivity contribution in [2.24, 2.45) is 0 Å². The molecule has 1 atom stereocenters. The minimum absolute atomic E-state index is 0.485. The summed E-state index contributed by atoms with van der Waals surface area (Å²) in [6.07, 6.45) is 9.39. The number of hydrogen-bond donors (Lipinski definition) is 1. The SMILES string of the molecule is C[SH](=O)(P)N1CCc2cc(OCCCc3ccc(Oc4cnccn4)cc3)ccc2C1. The molecule has 0 N–H and O–H groups in total. The largest absolute Gasteiger partial charge is 0.494 e. The summed E-state index contributed by atoms with van der Waals surface area (Å²) in [6.45, 7) is 2.23. The van der Waals surface area contributed by atoms with Crippen LogP contribution in [0.1, 0.15) is 23.1 Å². The second-order valence-corrected chi connectivity index (χ2v) is 13.1. The van der Waals surface area contributed by atoms with E-state index >= 15 is 0 Å². The van der Waals surface area contributed by atoms with Crippen LogP contribution in [0.4, 0.5) is 0 Å². The highest BCUT2D eigenvalue weighted by Crippen LogP contribution is 2.29. The Hall–Kier alpha value is -2.34. The van der Waals surface area contributed by atoms with Gasteiger partial charge in [-0.2, -0.15) is 0 Å². The average Bonchev–Trinajstić information content (AvgIpc) is 2.77. The molecule has 4 rings (SSSR count). The van der Waals surface area contributed by atoms with Crippen LogP contribution in [-0.2, 0) is 29.1 Å². The minimum Gasteiger partial charge on any atom is -0.494 e. The van der Waals surface area contributed by atoms with Crippen LogP contribution in [0.25, 0.3) is 0 Å². The molecule has 0 saturated heterocycles. The Kier molecular flexibility index (Phi) is 6.96. The number of aryl methyl sites for hydroxylation is 1. The van der Waals surface area contributed by atoms with Crippen LogP contribution in [0.15, 0.2) is 61.1 Å². The fourth-order valence-corrected chi connectivity index (χ4v) is 5.11. The Bertz CT molecular complexity index is 1060. The van der Waals surface area contributed by atoms with Crippen molar-refractivity contribution >= 4 is 18.2 Å². The maximum Gasteiger partial charge on any atom is 0.237 e. The van der Waals surface area contributed by atoms with E-state index in [2.05, 4.69) is 47.0 Å². The highest BCUT2D eigenvalue weighted by Gasteiger charge is 2.21. The van der Waals surface area contributed by atoms with Gasteiger partial charge in [-0.25, -0.2) is 9.29 Å². The minimum atomic E-state index is -2.28. The molecule has 3 aromatic rings. The van der Waals surface area contributed by atoms with Crippen molar-refractivity contribution in [1.82, 2.24) is 14.3 Å². The third kappa shape index (κ3) is 6.10. The third-order valence-electron chi connectivity index (χ3n) is 5.30. The number of fused-ring (bicyclic) bond motifs is 1. The van der Waals surface area contributed by atoms with Crippen molar-refractivity contribution in [3.05, 3.63) is 77.7 Å². The molecule has 1 aliphatic rings. The topological polar surface area (TPSA) is 64.6 Å². The van der Waals surface area contributed by atoms with E-state index in [1.54, 1.807) is 24.8 Å². The molecule has 0 amide bonds. The molecule has 0 fully saturated rings. The number of nitrogens with zero attached hydrogens (tertiary/aromatic N) is 3. The van der Waals surface area contributed by atoms with E-state index in [9.17, 15) is 4.21 Å². The Balaban J connectivity index is 1.23. The third-order valence-corrected chi connectivity index (χ3v) is 7.74. The molecule has 1 unspecified atom stereocenters. The molecule has 0 aliphatic carbocycles. The number of rotatable bonds is 8. The van der Waals surface area contributed by atoms with E-state index in [4.69, 9.17) is 9.47 Å². The zero-order valence-electron chi connectivity index (χ0n) is 17.6. The number of thiol groups is 1. The number of hydrogen-bond acceptors (Lipinski definition) is 5. The molecule has 1 aromatic heterocycles. The van der Waals surface area contributed by atoms with Gasteiger partial charge in [-0.1, -0.05) is 26.6 Å². The summed E-state index contributed by atoms with van der Waals surface area (Å²) in [5, 5.41) is 0. The van der Waals surface area contributed by atoms with Crippen molar-refractivity contribution in [3.63, 3.8) is 0 Å². The number of aromatic nitrogens is 2. The van der Waals surface area contributed by atoms with Crippen LogP contribution >= 0.6 is 8.44 Å².